The Bertz CT molecular complexity index is 805. The Kier molecular flexibility index (Phi) is 15.9. The van der Waals surface area contributed by atoms with E-state index in [2.05, 4.69) is 5.73 Å². The van der Waals surface area contributed by atoms with Crippen molar-refractivity contribution in [2.24, 2.45) is 5.73 Å². The molecule has 0 fully saturated rings. The van der Waals surface area contributed by atoms with E-state index < -0.39 is 40.3 Å². The number of benzene rings is 1. The van der Waals surface area contributed by atoms with Crippen LogP contribution in [-0.4, -0.2) is 50.3 Å². The molecule has 1 rings (SSSR count). The number of nitrogens with two attached hydrogens (primary N) is 1. The number of methoxy groups -OCH3 is 1. The molecule has 1 unspecified atom stereocenters. The van der Waals surface area contributed by atoms with Gasteiger partial charge in [-0.3, -0.25) is 9.59 Å². The molecular formula is C20H27ClF4N2O4S. The molecule has 1 aromatic rings. The SMILES string of the molecule is CC.CN.COCC(C=O)Sc1cc(N(C(C)=O)C(=O)/C=C(\C)C(F)(F)F)c(F)cc1Cl. The lowest BCUT2D eigenvalue weighted by Crippen LogP contribution is -2.35. The summed E-state index contributed by atoms with van der Waals surface area (Å²) in [5.74, 6) is -3.47. The number of alkyl halides is 3. The first-order valence-corrected chi connectivity index (χ1v) is 10.5. The fourth-order valence-electron chi connectivity index (χ4n) is 1.98. The van der Waals surface area contributed by atoms with E-state index in [0.29, 0.717) is 13.2 Å². The van der Waals surface area contributed by atoms with Gasteiger partial charge in [-0.15, -0.1) is 11.8 Å². The van der Waals surface area contributed by atoms with Crippen LogP contribution in [0.25, 0.3) is 0 Å². The third kappa shape index (κ3) is 10.1. The van der Waals surface area contributed by atoms with Gasteiger partial charge < -0.3 is 15.3 Å². The van der Waals surface area contributed by atoms with Crippen molar-refractivity contribution in [3.05, 3.63) is 34.6 Å². The lowest BCUT2D eigenvalue weighted by Gasteiger charge is -2.21. The Hall–Kier alpha value is -1.95. The van der Waals surface area contributed by atoms with E-state index in [1.54, 1.807) is 0 Å². The van der Waals surface area contributed by atoms with Crippen LogP contribution >= 0.6 is 23.4 Å². The zero-order chi connectivity index (χ0) is 25.6. The van der Waals surface area contributed by atoms with Gasteiger partial charge in [-0.25, -0.2) is 9.29 Å². The molecule has 0 aliphatic carbocycles. The van der Waals surface area contributed by atoms with Gasteiger partial charge in [0, 0.05) is 30.6 Å². The molecule has 2 amide bonds. The molecule has 0 aliphatic heterocycles. The van der Waals surface area contributed by atoms with Gasteiger partial charge in [-0.05, 0) is 26.1 Å². The fraction of sp³-hybridized carbons (Fsp3) is 0.450. The molecule has 0 aromatic heterocycles. The summed E-state index contributed by atoms with van der Waals surface area (Å²) in [6.45, 7) is 5.56. The summed E-state index contributed by atoms with van der Waals surface area (Å²) in [5, 5.41) is -0.818. The van der Waals surface area contributed by atoms with E-state index in [4.69, 9.17) is 16.3 Å². The van der Waals surface area contributed by atoms with Gasteiger partial charge >= 0.3 is 6.18 Å². The Morgan fingerprint density at radius 2 is 1.78 bits per heavy atom. The van der Waals surface area contributed by atoms with Crippen LogP contribution in [0.2, 0.25) is 5.02 Å². The largest absolute Gasteiger partial charge is 0.412 e. The van der Waals surface area contributed by atoms with Gasteiger partial charge in [0.2, 0.25) is 5.91 Å². The molecular weight excluding hydrogens is 476 g/mol. The number of rotatable bonds is 7. The van der Waals surface area contributed by atoms with Gasteiger partial charge in [0.25, 0.3) is 5.91 Å². The molecule has 0 aliphatic rings. The predicted molar refractivity (Wildman–Crippen MR) is 118 cm³/mol. The van der Waals surface area contributed by atoms with Crippen LogP contribution in [0.1, 0.15) is 27.7 Å². The molecule has 32 heavy (non-hydrogen) atoms. The maximum Gasteiger partial charge on any atom is 0.412 e. The molecule has 0 saturated carbocycles. The highest BCUT2D eigenvalue weighted by atomic mass is 35.5. The topological polar surface area (TPSA) is 89.7 Å². The van der Waals surface area contributed by atoms with Crippen molar-refractivity contribution in [1.82, 2.24) is 0 Å². The van der Waals surface area contributed by atoms with Crippen molar-refractivity contribution < 1.29 is 36.7 Å². The number of aldehydes is 1. The molecule has 12 heteroatoms. The van der Waals surface area contributed by atoms with E-state index >= 15 is 0 Å². The molecule has 2 N–H and O–H groups in total. The van der Waals surface area contributed by atoms with Gasteiger partial charge in [-0.1, -0.05) is 25.4 Å². The predicted octanol–water partition coefficient (Wildman–Crippen LogP) is 4.77. The first kappa shape index (κ1) is 32.2. The van der Waals surface area contributed by atoms with Crippen molar-refractivity contribution in [1.29, 1.82) is 0 Å². The number of thioether (sulfide) groups is 1. The normalized spacial score (nSPS) is 11.9. The Morgan fingerprint density at radius 1 is 1.25 bits per heavy atom. The number of carbonyl (C=O) groups excluding carboxylic acids is 3. The minimum Gasteiger partial charge on any atom is -0.383 e. The second-order valence-electron chi connectivity index (χ2n) is 5.50. The number of imide groups is 1. The van der Waals surface area contributed by atoms with Crippen molar-refractivity contribution in [3.63, 3.8) is 0 Å². The average molecular weight is 503 g/mol. The number of ether oxygens (including phenoxy) is 1. The van der Waals surface area contributed by atoms with Crippen molar-refractivity contribution >= 4 is 47.2 Å². The van der Waals surface area contributed by atoms with E-state index in [9.17, 15) is 31.9 Å². The van der Waals surface area contributed by atoms with E-state index in [0.717, 1.165) is 30.8 Å². The quantitative estimate of drug-likeness (QED) is 0.250. The zero-order valence-corrected chi connectivity index (χ0v) is 20.1. The van der Waals surface area contributed by atoms with Gasteiger partial charge in [-0.2, -0.15) is 13.2 Å². The number of hydrogen-bond donors (Lipinski definition) is 1. The number of nitrogens with zero attached hydrogens (tertiary/aromatic N) is 1. The number of hydrogen-bond acceptors (Lipinski definition) is 6. The fourth-order valence-corrected chi connectivity index (χ4v) is 3.20. The van der Waals surface area contributed by atoms with Crippen molar-refractivity contribution in [2.45, 2.75) is 44.0 Å². The van der Waals surface area contributed by atoms with Crippen LogP contribution < -0.4 is 10.6 Å². The molecule has 1 atom stereocenters. The molecule has 0 heterocycles. The highest BCUT2D eigenvalue weighted by Crippen LogP contribution is 2.36. The summed E-state index contributed by atoms with van der Waals surface area (Å²) < 4.78 is 57.2. The summed E-state index contributed by atoms with van der Waals surface area (Å²) in [6, 6.07) is 1.82. The van der Waals surface area contributed by atoms with Crippen molar-refractivity contribution in [2.75, 3.05) is 25.7 Å². The smallest absolute Gasteiger partial charge is 0.383 e. The second-order valence-corrected chi connectivity index (χ2v) is 7.19. The van der Waals surface area contributed by atoms with Gasteiger partial charge in [0.05, 0.1) is 22.6 Å². The number of allylic oxidation sites excluding steroid dienone is 1. The molecule has 1 aromatic carbocycles. The lowest BCUT2D eigenvalue weighted by molar-refractivity contribution is -0.123. The van der Waals surface area contributed by atoms with E-state index in [-0.39, 0.29) is 27.5 Å². The number of anilines is 1. The Balaban J connectivity index is 0. The monoisotopic (exact) mass is 502 g/mol. The van der Waals surface area contributed by atoms with Crippen LogP contribution in [0.3, 0.4) is 0 Å². The van der Waals surface area contributed by atoms with E-state index in [1.807, 2.05) is 13.8 Å². The Labute approximate surface area is 194 Å². The highest BCUT2D eigenvalue weighted by molar-refractivity contribution is 8.00. The van der Waals surface area contributed by atoms with E-state index in [1.165, 1.54) is 14.2 Å². The summed E-state index contributed by atoms with van der Waals surface area (Å²) in [5.41, 5.74) is 2.66. The molecule has 6 nitrogen and oxygen atoms in total. The third-order valence-electron chi connectivity index (χ3n) is 3.33. The number of carbonyl (C=O) groups is 3. The first-order valence-electron chi connectivity index (χ1n) is 9.20. The molecule has 0 spiro atoms. The third-order valence-corrected chi connectivity index (χ3v) is 4.89. The Morgan fingerprint density at radius 3 is 2.19 bits per heavy atom. The molecule has 0 radical (unpaired) electrons. The lowest BCUT2D eigenvalue weighted by atomic mass is 10.2. The maximum atomic E-state index is 14.4. The minimum atomic E-state index is -4.78. The first-order chi connectivity index (χ1) is 14.9. The summed E-state index contributed by atoms with van der Waals surface area (Å²) in [4.78, 5) is 35.6. The number of amides is 2. The van der Waals surface area contributed by atoms with Crippen LogP contribution in [0.4, 0.5) is 23.2 Å². The highest BCUT2D eigenvalue weighted by Gasteiger charge is 2.32. The zero-order valence-electron chi connectivity index (χ0n) is 18.5. The molecule has 182 valence electrons. The standard InChI is InChI=1S/C17H16ClF4NO4S.C2H6.CH5N/c1-9(17(20,21)22)4-16(26)23(10(2)25)14-6-15(12(18)5-13(14)19)28-11(7-24)8-27-3;2*1-2/h4-7,11H,8H2,1-3H3;1-2H3;2H2,1H3/b9-4+;;. The van der Waals surface area contributed by atoms with Crippen LogP contribution in [0, 0.1) is 5.82 Å². The van der Waals surface area contributed by atoms with Gasteiger partial charge in [0.1, 0.15) is 12.1 Å². The molecule has 0 bridgehead atoms. The second kappa shape index (κ2) is 15.8. The van der Waals surface area contributed by atoms with Crippen LogP contribution in [0.15, 0.2) is 28.7 Å². The van der Waals surface area contributed by atoms with Crippen LogP contribution in [-0.2, 0) is 19.1 Å². The van der Waals surface area contributed by atoms with Crippen LogP contribution in [0.5, 0.6) is 0 Å². The summed E-state index contributed by atoms with van der Waals surface area (Å²) in [7, 11) is 2.86. The summed E-state index contributed by atoms with van der Waals surface area (Å²) >= 11 is 6.83. The maximum absolute atomic E-state index is 14.4. The van der Waals surface area contributed by atoms with Crippen molar-refractivity contribution in [3.8, 4) is 0 Å². The number of halogens is 5. The summed E-state index contributed by atoms with van der Waals surface area (Å²) in [6.07, 6.45) is -4.02. The molecule has 0 saturated heterocycles. The van der Waals surface area contributed by atoms with Gasteiger partial charge in [0.15, 0.2) is 0 Å². The minimum absolute atomic E-state index is 0.0140. The average Bonchev–Trinajstić information content (AvgIpc) is 2.72.